The molecule has 1 aromatic heterocycles. The molecule has 1 amide bonds. The fourth-order valence-corrected chi connectivity index (χ4v) is 3.34. The number of tetrazole rings is 1. The SMILES string of the molecule is O=C(Cn1cnnn1)N[C@@H](C(=O)O)[C@@H]1NC2=C(COC2=O)CS1. The quantitative estimate of drug-likeness (QED) is 0.500. The molecule has 0 radical (unpaired) electrons. The van der Waals surface area contributed by atoms with Gasteiger partial charge >= 0.3 is 11.9 Å². The minimum atomic E-state index is -1.22. The summed E-state index contributed by atoms with van der Waals surface area (Å²) in [6, 6.07) is -1.22. The first-order chi connectivity index (χ1) is 11.0. The molecule has 12 heteroatoms. The van der Waals surface area contributed by atoms with Gasteiger partial charge in [0.1, 0.15) is 30.5 Å². The number of carbonyl (C=O) groups is 3. The highest BCUT2D eigenvalue weighted by Gasteiger charge is 2.38. The van der Waals surface area contributed by atoms with Gasteiger partial charge in [-0.1, -0.05) is 0 Å². The highest BCUT2D eigenvalue weighted by Crippen LogP contribution is 2.28. The van der Waals surface area contributed by atoms with Crippen molar-refractivity contribution in [2.24, 2.45) is 0 Å². The number of aliphatic carboxylic acids is 1. The van der Waals surface area contributed by atoms with Gasteiger partial charge < -0.3 is 20.5 Å². The number of rotatable bonds is 5. The zero-order valence-corrected chi connectivity index (χ0v) is 12.4. The molecule has 0 bridgehead atoms. The fraction of sp³-hybridized carbons (Fsp3) is 0.455. The Bertz CT molecular complexity index is 674. The smallest absolute Gasteiger partial charge is 0.354 e. The van der Waals surface area contributed by atoms with E-state index in [1.807, 2.05) is 0 Å². The Labute approximate surface area is 133 Å². The predicted molar refractivity (Wildman–Crippen MR) is 74.8 cm³/mol. The average Bonchev–Trinajstić information content (AvgIpc) is 3.15. The van der Waals surface area contributed by atoms with Gasteiger partial charge in [-0.2, -0.15) is 0 Å². The van der Waals surface area contributed by atoms with E-state index in [-0.39, 0.29) is 18.8 Å². The van der Waals surface area contributed by atoms with Gasteiger partial charge in [0, 0.05) is 11.3 Å². The normalized spacial score (nSPS) is 21.2. The molecule has 0 spiro atoms. The van der Waals surface area contributed by atoms with E-state index in [4.69, 9.17) is 4.74 Å². The summed E-state index contributed by atoms with van der Waals surface area (Å²) in [6.07, 6.45) is 1.24. The van der Waals surface area contributed by atoms with E-state index in [0.717, 1.165) is 5.57 Å². The molecule has 0 aromatic carbocycles. The van der Waals surface area contributed by atoms with Crippen molar-refractivity contribution in [2.75, 3.05) is 12.4 Å². The van der Waals surface area contributed by atoms with Gasteiger partial charge in [-0.15, -0.1) is 16.9 Å². The number of nitrogens with one attached hydrogen (secondary N) is 2. The van der Waals surface area contributed by atoms with Crippen molar-refractivity contribution in [2.45, 2.75) is 18.0 Å². The topological polar surface area (TPSA) is 148 Å². The first-order valence-electron chi connectivity index (χ1n) is 6.55. The summed E-state index contributed by atoms with van der Waals surface area (Å²) in [4.78, 5) is 35.0. The van der Waals surface area contributed by atoms with Crippen molar-refractivity contribution in [3.8, 4) is 0 Å². The van der Waals surface area contributed by atoms with Crippen LogP contribution in [0.5, 0.6) is 0 Å². The van der Waals surface area contributed by atoms with E-state index in [9.17, 15) is 19.5 Å². The van der Waals surface area contributed by atoms with Gasteiger partial charge in [0.25, 0.3) is 0 Å². The van der Waals surface area contributed by atoms with Gasteiger partial charge in [0.05, 0.1) is 0 Å². The Morgan fingerprint density at radius 1 is 1.61 bits per heavy atom. The number of hydrogen-bond acceptors (Lipinski definition) is 9. The minimum Gasteiger partial charge on any atom is -0.480 e. The molecule has 3 N–H and O–H groups in total. The molecule has 2 atom stereocenters. The lowest BCUT2D eigenvalue weighted by Gasteiger charge is -2.29. The number of aromatic nitrogens is 4. The van der Waals surface area contributed by atoms with Crippen LogP contribution in [-0.2, 0) is 25.7 Å². The lowest BCUT2D eigenvalue weighted by molar-refractivity contribution is -0.142. The Morgan fingerprint density at radius 2 is 2.43 bits per heavy atom. The molecule has 0 aliphatic carbocycles. The van der Waals surface area contributed by atoms with Crippen molar-refractivity contribution >= 4 is 29.6 Å². The van der Waals surface area contributed by atoms with Gasteiger partial charge in [-0.3, -0.25) is 4.79 Å². The summed E-state index contributed by atoms with van der Waals surface area (Å²) in [5.74, 6) is -1.81. The summed E-state index contributed by atoms with van der Waals surface area (Å²) < 4.78 is 6.06. The molecule has 0 unspecified atom stereocenters. The molecule has 0 saturated heterocycles. The highest BCUT2D eigenvalue weighted by atomic mass is 32.2. The Hall–Kier alpha value is -2.63. The third-order valence-corrected chi connectivity index (χ3v) is 4.51. The van der Waals surface area contributed by atoms with Crippen molar-refractivity contribution in [1.82, 2.24) is 30.8 Å². The molecule has 3 rings (SSSR count). The van der Waals surface area contributed by atoms with Gasteiger partial charge in [0.2, 0.25) is 5.91 Å². The molecule has 122 valence electrons. The van der Waals surface area contributed by atoms with E-state index >= 15 is 0 Å². The second-order valence-corrected chi connectivity index (χ2v) is 5.95. The summed E-state index contributed by atoms with van der Waals surface area (Å²) >= 11 is 1.28. The first kappa shape index (κ1) is 15.3. The molecule has 1 aromatic rings. The van der Waals surface area contributed by atoms with E-state index in [1.54, 1.807) is 0 Å². The third-order valence-electron chi connectivity index (χ3n) is 3.24. The van der Waals surface area contributed by atoms with Crippen molar-refractivity contribution < 1.29 is 24.2 Å². The van der Waals surface area contributed by atoms with E-state index in [1.165, 1.54) is 22.8 Å². The molecule has 23 heavy (non-hydrogen) atoms. The first-order valence-corrected chi connectivity index (χ1v) is 7.59. The zero-order valence-electron chi connectivity index (χ0n) is 11.6. The van der Waals surface area contributed by atoms with Gasteiger partial charge in [-0.05, 0) is 10.4 Å². The predicted octanol–water partition coefficient (Wildman–Crippen LogP) is -2.28. The van der Waals surface area contributed by atoms with Crippen LogP contribution in [0.2, 0.25) is 0 Å². The van der Waals surface area contributed by atoms with Crippen LogP contribution in [0.25, 0.3) is 0 Å². The van der Waals surface area contributed by atoms with E-state index < -0.39 is 29.3 Å². The number of nitrogens with zero attached hydrogens (tertiary/aromatic N) is 4. The summed E-state index contributed by atoms with van der Waals surface area (Å²) in [7, 11) is 0. The minimum absolute atomic E-state index is 0.204. The lowest BCUT2D eigenvalue weighted by Crippen LogP contribution is -2.54. The van der Waals surface area contributed by atoms with E-state index in [0.29, 0.717) is 5.75 Å². The van der Waals surface area contributed by atoms with Crippen LogP contribution in [0.15, 0.2) is 17.6 Å². The van der Waals surface area contributed by atoms with Crippen molar-refractivity contribution in [3.63, 3.8) is 0 Å². The molecule has 3 heterocycles. The fourth-order valence-electron chi connectivity index (χ4n) is 2.16. The number of carbonyl (C=O) groups excluding carboxylic acids is 2. The number of amides is 1. The highest BCUT2D eigenvalue weighted by molar-refractivity contribution is 8.00. The monoisotopic (exact) mass is 340 g/mol. The van der Waals surface area contributed by atoms with Crippen LogP contribution >= 0.6 is 11.8 Å². The number of thioether (sulfide) groups is 1. The number of cyclic esters (lactones) is 1. The second kappa shape index (κ2) is 6.24. The molecule has 0 saturated carbocycles. The number of carboxylic acid groups (broad SMARTS) is 1. The largest absolute Gasteiger partial charge is 0.480 e. The summed E-state index contributed by atoms with van der Waals surface area (Å²) in [5, 5.41) is 24.2. The van der Waals surface area contributed by atoms with Gasteiger partial charge in [0.15, 0.2) is 6.04 Å². The Balaban J connectivity index is 1.66. The van der Waals surface area contributed by atoms with E-state index in [2.05, 4.69) is 26.2 Å². The molecular weight excluding hydrogens is 328 g/mol. The zero-order chi connectivity index (χ0) is 16.4. The maximum Gasteiger partial charge on any atom is 0.354 e. The van der Waals surface area contributed by atoms with Crippen LogP contribution in [0.4, 0.5) is 0 Å². The van der Waals surface area contributed by atoms with Crippen LogP contribution in [-0.4, -0.2) is 66.9 Å². The number of hydrogen-bond donors (Lipinski definition) is 3. The molecule has 2 aliphatic heterocycles. The van der Waals surface area contributed by atoms with Crippen LogP contribution in [0, 0.1) is 0 Å². The number of esters is 1. The Morgan fingerprint density at radius 3 is 3.13 bits per heavy atom. The molecular formula is C11H12N6O5S. The van der Waals surface area contributed by atoms with Crippen molar-refractivity contribution in [1.29, 1.82) is 0 Å². The maximum atomic E-state index is 11.9. The summed E-state index contributed by atoms with van der Waals surface area (Å²) in [6.45, 7) is 0.00837. The standard InChI is InChI=1S/C11H12N6O5S/c18-6(1-17-4-12-15-16-17)13-8(10(19)20)9-14-7-5(3-23-9)2-22-11(7)21/h4,8-9,14H,1-3H2,(H,13,18)(H,19,20)/t8-,9-/m1/s1. The summed E-state index contributed by atoms with van der Waals surface area (Å²) in [5.41, 5.74) is 1.08. The second-order valence-electron chi connectivity index (χ2n) is 4.82. The molecule has 11 nitrogen and oxygen atoms in total. The maximum absolute atomic E-state index is 11.9. The Kier molecular flexibility index (Phi) is 4.14. The van der Waals surface area contributed by atoms with Crippen LogP contribution in [0.3, 0.4) is 0 Å². The molecule has 2 aliphatic rings. The third kappa shape index (κ3) is 3.26. The van der Waals surface area contributed by atoms with Crippen molar-refractivity contribution in [3.05, 3.63) is 17.6 Å². The van der Waals surface area contributed by atoms with Crippen LogP contribution < -0.4 is 10.6 Å². The number of carboxylic acids is 1. The lowest BCUT2D eigenvalue weighted by atomic mass is 10.2. The average molecular weight is 340 g/mol. The van der Waals surface area contributed by atoms with Gasteiger partial charge in [-0.25, -0.2) is 14.3 Å². The molecule has 0 fully saturated rings. The van der Waals surface area contributed by atoms with Crippen LogP contribution in [0.1, 0.15) is 0 Å². The number of ether oxygens (including phenoxy) is 1.